The smallest absolute Gasteiger partial charge is 0.336 e. The van der Waals surface area contributed by atoms with Crippen molar-refractivity contribution in [2.24, 2.45) is 17.8 Å². The maximum absolute atomic E-state index is 14.1. The molecule has 2 heterocycles. The van der Waals surface area contributed by atoms with Crippen LogP contribution in [0.2, 0.25) is 5.02 Å². The van der Waals surface area contributed by atoms with E-state index in [1.807, 2.05) is 38.1 Å². The Hall–Kier alpha value is -2.12. The molecule has 0 radical (unpaired) electrons. The third-order valence-corrected chi connectivity index (χ3v) is 9.16. The predicted molar refractivity (Wildman–Crippen MR) is 153 cm³/mol. The van der Waals surface area contributed by atoms with Gasteiger partial charge in [0.2, 0.25) is 5.91 Å². The molecular formula is C31H46ClN3O4. The van der Waals surface area contributed by atoms with Crippen LogP contribution in [0.3, 0.4) is 0 Å². The molecule has 1 aliphatic carbocycles. The van der Waals surface area contributed by atoms with E-state index >= 15 is 0 Å². The molecule has 4 rings (SSSR count). The SMILES string of the molecule is CC1CCC(N(OC(=O)[C@@H]2CCCN2C(=O)[C@@H]2CN(C(C)(C)C)C[C@H]2c2ccc(Cl)cc2)C(=O)C(C)C)CC1. The molecule has 1 saturated carbocycles. The van der Waals surface area contributed by atoms with Gasteiger partial charge in [0.05, 0.1) is 12.0 Å². The zero-order valence-corrected chi connectivity index (χ0v) is 25.2. The highest BCUT2D eigenvalue weighted by molar-refractivity contribution is 6.30. The Morgan fingerprint density at radius 2 is 1.64 bits per heavy atom. The van der Waals surface area contributed by atoms with Crippen molar-refractivity contribution in [1.29, 1.82) is 0 Å². The van der Waals surface area contributed by atoms with Crippen molar-refractivity contribution < 1.29 is 19.2 Å². The number of hydrogen-bond donors (Lipinski definition) is 0. The molecule has 0 aromatic heterocycles. The molecule has 216 valence electrons. The number of hydrogen-bond acceptors (Lipinski definition) is 5. The van der Waals surface area contributed by atoms with Crippen LogP contribution in [0, 0.1) is 17.8 Å². The average molecular weight is 560 g/mol. The fourth-order valence-electron chi connectivity index (χ4n) is 6.33. The van der Waals surface area contributed by atoms with E-state index in [2.05, 4.69) is 32.6 Å². The zero-order chi connectivity index (χ0) is 28.5. The number of carbonyl (C=O) groups is 3. The predicted octanol–water partition coefficient (Wildman–Crippen LogP) is 5.67. The van der Waals surface area contributed by atoms with E-state index in [4.69, 9.17) is 16.4 Å². The van der Waals surface area contributed by atoms with Gasteiger partial charge in [-0.25, -0.2) is 4.79 Å². The lowest BCUT2D eigenvalue weighted by molar-refractivity contribution is -0.216. The van der Waals surface area contributed by atoms with Crippen LogP contribution in [-0.2, 0) is 19.2 Å². The van der Waals surface area contributed by atoms with Crippen LogP contribution in [0.4, 0.5) is 0 Å². The van der Waals surface area contributed by atoms with Crippen molar-refractivity contribution >= 4 is 29.4 Å². The number of benzene rings is 1. The van der Waals surface area contributed by atoms with Gasteiger partial charge in [0.25, 0.3) is 5.91 Å². The highest BCUT2D eigenvalue weighted by Crippen LogP contribution is 2.39. The first-order valence-electron chi connectivity index (χ1n) is 14.7. The number of likely N-dealkylation sites (tertiary alicyclic amines) is 2. The quantitative estimate of drug-likeness (QED) is 0.435. The zero-order valence-electron chi connectivity index (χ0n) is 24.5. The Labute approximate surface area is 239 Å². The summed E-state index contributed by atoms with van der Waals surface area (Å²) in [6.45, 7) is 14.3. The number of carbonyl (C=O) groups excluding carboxylic acids is 3. The Balaban J connectivity index is 1.53. The lowest BCUT2D eigenvalue weighted by Gasteiger charge is -2.36. The van der Waals surface area contributed by atoms with Crippen LogP contribution in [0.5, 0.6) is 0 Å². The van der Waals surface area contributed by atoms with Gasteiger partial charge in [-0.2, -0.15) is 5.06 Å². The molecular weight excluding hydrogens is 514 g/mol. The molecule has 0 N–H and O–H groups in total. The largest absolute Gasteiger partial charge is 0.354 e. The summed E-state index contributed by atoms with van der Waals surface area (Å²) in [5.74, 6) is -0.583. The second kappa shape index (κ2) is 12.2. The van der Waals surface area contributed by atoms with Crippen LogP contribution in [0.25, 0.3) is 0 Å². The molecule has 1 aromatic rings. The normalized spacial score (nSPS) is 28.1. The third-order valence-electron chi connectivity index (χ3n) is 8.91. The molecule has 7 nitrogen and oxygen atoms in total. The molecule has 0 bridgehead atoms. The van der Waals surface area contributed by atoms with Gasteiger partial charge in [0.1, 0.15) is 6.04 Å². The molecule has 8 heteroatoms. The number of rotatable bonds is 5. The lowest BCUT2D eigenvalue weighted by atomic mass is 9.87. The monoisotopic (exact) mass is 559 g/mol. The summed E-state index contributed by atoms with van der Waals surface area (Å²) >= 11 is 6.16. The first-order valence-corrected chi connectivity index (χ1v) is 15.1. The van der Waals surface area contributed by atoms with Crippen molar-refractivity contribution in [2.45, 2.75) is 104 Å². The second-order valence-electron chi connectivity index (χ2n) is 13.2. The number of nitrogens with zero attached hydrogens (tertiary/aromatic N) is 3. The molecule has 3 aliphatic rings. The van der Waals surface area contributed by atoms with E-state index in [0.29, 0.717) is 30.5 Å². The Morgan fingerprint density at radius 3 is 2.23 bits per heavy atom. The lowest BCUT2D eigenvalue weighted by Crippen LogP contribution is -2.51. The molecule has 2 amide bonds. The van der Waals surface area contributed by atoms with Gasteiger partial charge in [-0.15, -0.1) is 0 Å². The summed E-state index contributed by atoms with van der Waals surface area (Å²) < 4.78 is 0. The maximum atomic E-state index is 14.1. The maximum Gasteiger partial charge on any atom is 0.354 e. The van der Waals surface area contributed by atoms with E-state index in [1.54, 1.807) is 4.90 Å². The van der Waals surface area contributed by atoms with Gasteiger partial charge in [0.15, 0.2) is 0 Å². The summed E-state index contributed by atoms with van der Waals surface area (Å²) in [6.07, 6.45) is 4.97. The van der Waals surface area contributed by atoms with Crippen LogP contribution in [-0.4, -0.2) is 69.9 Å². The highest BCUT2D eigenvalue weighted by Gasteiger charge is 2.47. The number of amides is 2. The second-order valence-corrected chi connectivity index (χ2v) is 13.6. The van der Waals surface area contributed by atoms with E-state index in [9.17, 15) is 14.4 Å². The van der Waals surface area contributed by atoms with Gasteiger partial charge in [0, 0.05) is 42.0 Å². The van der Waals surface area contributed by atoms with Crippen molar-refractivity contribution in [3.05, 3.63) is 34.9 Å². The van der Waals surface area contributed by atoms with Gasteiger partial charge >= 0.3 is 5.97 Å². The van der Waals surface area contributed by atoms with E-state index in [-0.39, 0.29) is 41.1 Å². The summed E-state index contributed by atoms with van der Waals surface area (Å²) in [4.78, 5) is 50.8. The van der Waals surface area contributed by atoms with Gasteiger partial charge in [-0.1, -0.05) is 44.5 Å². The Bertz CT molecular complexity index is 1030. The van der Waals surface area contributed by atoms with Crippen LogP contribution in [0.1, 0.15) is 91.5 Å². The standard InChI is InChI=1S/C31H46ClN3O4/c1-20(2)28(36)35(24-15-9-21(3)10-16-24)39-30(38)27-8-7-17-34(27)29(37)26-19-33(31(4,5)6)18-25(26)22-11-13-23(32)14-12-22/h11-14,20-21,24-27H,7-10,15-19H2,1-6H3/t21?,24?,25-,26+,27-/m0/s1. The fourth-order valence-corrected chi connectivity index (χ4v) is 6.45. The minimum atomic E-state index is -0.669. The van der Waals surface area contributed by atoms with E-state index in [1.165, 1.54) is 5.06 Å². The summed E-state index contributed by atoms with van der Waals surface area (Å²) in [7, 11) is 0. The first-order chi connectivity index (χ1) is 18.4. The number of hydroxylamine groups is 2. The molecule has 0 spiro atoms. The van der Waals surface area contributed by atoms with Gasteiger partial charge in [-0.3, -0.25) is 14.5 Å². The minimum Gasteiger partial charge on any atom is -0.336 e. The van der Waals surface area contributed by atoms with Crippen LogP contribution in [0.15, 0.2) is 24.3 Å². The fraction of sp³-hybridized carbons (Fsp3) is 0.710. The molecule has 1 aromatic carbocycles. The Kier molecular flexibility index (Phi) is 9.32. The molecule has 0 unspecified atom stereocenters. The van der Waals surface area contributed by atoms with E-state index in [0.717, 1.165) is 44.2 Å². The number of halogens is 1. The van der Waals surface area contributed by atoms with Gasteiger partial charge < -0.3 is 9.74 Å². The van der Waals surface area contributed by atoms with Crippen LogP contribution < -0.4 is 0 Å². The molecule has 2 saturated heterocycles. The summed E-state index contributed by atoms with van der Waals surface area (Å²) in [5.41, 5.74) is 1.00. The van der Waals surface area contributed by atoms with Crippen LogP contribution >= 0.6 is 11.6 Å². The topological polar surface area (TPSA) is 70.2 Å². The van der Waals surface area contributed by atoms with E-state index < -0.39 is 12.0 Å². The van der Waals surface area contributed by atoms with Crippen molar-refractivity contribution in [1.82, 2.24) is 14.9 Å². The summed E-state index contributed by atoms with van der Waals surface area (Å²) in [6, 6.07) is 7.00. The van der Waals surface area contributed by atoms with Gasteiger partial charge in [-0.05, 0) is 82.9 Å². The highest BCUT2D eigenvalue weighted by atomic mass is 35.5. The molecule has 2 aliphatic heterocycles. The van der Waals surface area contributed by atoms with Crippen molar-refractivity contribution in [2.75, 3.05) is 19.6 Å². The minimum absolute atomic E-state index is 0.00521. The average Bonchev–Trinajstić information content (AvgIpc) is 3.56. The molecule has 3 atom stereocenters. The summed E-state index contributed by atoms with van der Waals surface area (Å²) in [5, 5.41) is 2.02. The first kappa shape index (κ1) is 29.9. The van der Waals surface area contributed by atoms with Crippen molar-refractivity contribution in [3.63, 3.8) is 0 Å². The van der Waals surface area contributed by atoms with Crippen molar-refractivity contribution in [3.8, 4) is 0 Å². The molecule has 3 fully saturated rings. The molecule has 39 heavy (non-hydrogen) atoms. The third kappa shape index (κ3) is 6.79. The Morgan fingerprint density at radius 1 is 1.00 bits per heavy atom.